The molecule has 102 valence electrons. The Morgan fingerprint density at radius 3 is 2.06 bits per heavy atom. The summed E-state index contributed by atoms with van der Waals surface area (Å²) in [6.07, 6.45) is 9.70. The van der Waals surface area contributed by atoms with Gasteiger partial charge in [-0.1, -0.05) is 68.5 Å². The highest BCUT2D eigenvalue weighted by molar-refractivity contribution is 14.1. The second kappa shape index (κ2) is 11.3. The molecule has 0 amide bonds. The van der Waals surface area contributed by atoms with Crippen LogP contribution in [0.5, 0.6) is 0 Å². The number of alkyl halides is 1. The molecule has 0 spiro atoms. The molecule has 17 heavy (non-hydrogen) atoms. The first-order valence-electron chi connectivity index (χ1n) is 6.93. The van der Waals surface area contributed by atoms with Gasteiger partial charge in [-0.3, -0.25) is 4.79 Å². The number of carbonyl (C=O) groups is 1. The van der Waals surface area contributed by atoms with Crippen molar-refractivity contribution in [2.24, 2.45) is 0 Å². The average molecular weight is 354 g/mol. The molecule has 0 aromatic rings. The highest BCUT2D eigenvalue weighted by Crippen LogP contribution is 2.22. The van der Waals surface area contributed by atoms with Crippen molar-refractivity contribution in [3.63, 3.8) is 0 Å². The van der Waals surface area contributed by atoms with Gasteiger partial charge in [0.2, 0.25) is 0 Å². The third kappa shape index (κ3) is 9.86. The van der Waals surface area contributed by atoms with Gasteiger partial charge in [0.15, 0.2) is 0 Å². The van der Waals surface area contributed by atoms with Gasteiger partial charge in [0.1, 0.15) is 6.10 Å². The quantitative estimate of drug-likeness (QED) is 0.242. The molecule has 0 aromatic carbocycles. The molecular weight excluding hydrogens is 327 g/mol. The van der Waals surface area contributed by atoms with Crippen LogP contribution in [0.4, 0.5) is 0 Å². The lowest BCUT2D eigenvalue weighted by molar-refractivity contribution is -0.146. The van der Waals surface area contributed by atoms with E-state index in [1.807, 2.05) is 0 Å². The minimum atomic E-state index is -0.136. The fraction of sp³-hybridized carbons (Fsp3) is 0.929. The molecule has 0 N–H and O–H groups in total. The lowest BCUT2D eigenvalue weighted by Gasteiger charge is -2.22. The monoisotopic (exact) mass is 354 g/mol. The van der Waals surface area contributed by atoms with Gasteiger partial charge in [0.05, 0.1) is 0 Å². The van der Waals surface area contributed by atoms with Crippen LogP contribution in [0.3, 0.4) is 0 Å². The van der Waals surface area contributed by atoms with Crippen LogP contribution in [-0.4, -0.2) is 16.0 Å². The first-order chi connectivity index (χ1) is 8.11. The second-order valence-corrected chi connectivity index (χ2v) is 6.26. The van der Waals surface area contributed by atoms with Crippen LogP contribution in [0.1, 0.15) is 72.1 Å². The van der Waals surface area contributed by atoms with Crippen molar-refractivity contribution in [1.29, 1.82) is 0 Å². The molecule has 0 bridgehead atoms. The summed E-state index contributed by atoms with van der Waals surface area (Å²) in [6, 6.07) is 0. The molecule has 0 radical (unpaired) electrons. The number of carbonyl (C=O) groups excluding carboxylic acids is 1. The summed E-state index contributed by atoms with van der Waals surface area (Å²) >= 11 is 2.45. The number of rotatable bonds is 10. The van der Waals surface area contributed by atoms with Crippen LogP contribution in [0.25, 0.3) is 0 Å². The average Bonchev–Trinajstić information content (AvgIpc) is 2.27. The predicted octanol–water partition coefficient (Wildman–Crippen LogP) is 4.88. The number of unbranched alkanes of at least 4 members (excludes halogenated alkanes) is 4. The SMILES string of the molecule is CCCCC[C@H](I)[C@@H](CCCCC)OC(C)=O. The fourth-order valence-corrected chi connectivity index (χ4v) is 2.84. The number of halogens is 1. The van der Waals surface area contributed by atoms with E-state index in [0.717, 1.165) is 6.42 Å². The third-order valence-electron chi connectivity index (χ3n) is 2.90. The Hall–Kier alpha value is 0.200. The van der Waals surface area contributed by atoms with Crippen molar-refractivity contribution in [3.8, 4) is 0 Å². The number of hydrogen-bond donors (Lipinski definition) is 0. The molecule has 0 aliphatic carbocycles. The molecule has 0 aliphatic heterocycles. The largest absolute Gasteiger partial charge is 0.461 e. The van der Waals surface area contributed by atoms with Gasteiger partial charge in [0.25, 0.3) is 0 Å². The smallest absolute Gasteiger partial charge is 0.302 e. The zero-order chi connectivity index (χ0) is 13.1. The summed E-state index contributed by atoms with van der Waals surface area (Å²) in [4.78, 5) is 11.1. The molecule has 0 heterocycles. The van der Waals surface area contributed by atoms with Crippen molar-refractivity contribution in [3.05, 3.63) is 0 Å². The highest BCUT2D eigenvalue weighted by atomic mass is 127. The van der Waals surface area contributed by atoms with E-state index in [9.17, 15) is 4.79 Å². The summed E-state index contributed by atoms with van der Waals surface area (Å²) in [5.41, 5.74) is 0. The molecule has 0 unspecified atom stereocenters. The molecule has 0 aromatic heterocycles. The van der Waals surface area contributed by atoms with Crippen molar-refractivity contribution in [1.82, 2.24) is 0 Å². The summed E-state index contributed by atoms with van der Waals surface area (Å²) in [6.45, 7) is 5.93. The standard InChI is InChI=1S/C14H27IO2/c1-4-6-8-10-13(15)14(17-12(3)16)11-9-7-5-2/h13-14H,4-11H2,1-3H3/t13-,14+/m0/s1. The van der Waals surface area contributed by atoms with Crippen molar-refractivity contribution < 1.29 is 9.53 Å². The number of ether oxygens (including phenoxy) is 1. The Balaban J connectivity index is 4.00. The highest BCUT2D eigenvalue weighted by Gasteiger charge is 2.20. The Bertz CT molecular complexity index is 195. The zero-order valence-electron chi connectivity index (χ0n) is 11.5. The van der Waals surface area contributed by atoms with E-state index in [4.69, 9.17) is 4.74 Å². The van der Waals surface area contributed by atoms with Gasteiger partial charge in [-0.15, -0.1) is 0 Å². The van der Waals surface area contributed by atoms with Gasteiger partial charge < -0.3 is 4.74 Å². The van der Waals surface area contributed by atoms with Crippen molar-refractivity contribution in [2.75, 3.05) is 0 Å². The summed E-state index contributed by atoms with van der Waals surface area (Å²) in [5.74, 6) is -0.136. The number of esters is 1. The first-order valence-corrected chi connectivity index (χ1v) is 8.17. The predicted molar refractivity (Wildman–Crippen MR) is 81.6 cm³/mol. The minimum absolute atomic E-state index is 0.122. The van der Waals surface area contributed by atoms with Gasteiger partial charge in [-0.05, 0) is 19.3 Å². The Labute approximate surface area is 120 Å². The Kier molecular flexibility index (Phi) is 11.4. The maximum atomic E-state index is 11.1. The van der Waals surface area contributed by atoms with Crippen LogP contribution < -0.4 is 0 Å². The maximum Gasteiger partial charge on any atom is 0.302 e. The normalized spacial score (nSPS) is 14.4. The van der Waals surface area contributed by atoms with Crippen LogP contribution in [0.2, 0.25) is 0 Å². The molecule has 0 saturated carbocycles. The molecule has 3 heteroatoms. The molecule has 0 fully saturated rings. The van der Waals surface area contributed by atoms with Gasteiger partial charge in [0, 0.05) is 10.8 Å². The topological polar surface area (TPSA) is 26.3 Å². The van der Waals surface area contributed by atoms with E-state index in [1.165, 1.54) is 51.9 Å². The fourth-order valence-electron chi connectivity index (χ4n) is 1.90. The zero-order valence-corrected chi connectivity index (χ0v) is 13.7. The molecule has 0 saturated heterocycles. The Morgan fingerprint density at radius 2 is 1.59 bits per heavy atom. The molecule has 0 rings (SSSR count). The van der Waals surface area contributed by atoms with Crippen LogP contribution in [-0.2, 0) is 9.53 Å². The minimum Gasteiger partial charge on any atom is -0.461 e. The van der Waals surface area contributed by atoms with E-state index in [0.29, 0.717) is 3.92 Å². The lowest BCUT2D eigenvalue weighted by atomic mass is 10.0. The molecule has 2 nitrogen and oxygen atoms in total. The van der Waals surface area contributed by atoms with E-state index < -0.39 is 0 Å². The van der Waals surface area contributed by atoms with Gasteiger partial charge in [-0.2, -0.15) is 0 Å². The van der Waals surface area contributed by atoms with Crippen LogP contribution >= 0.6 is 22.6 Å². The van der Waals surface area contributed by atoms with E-state index >= 15 is 0 Å². The van der Waals surface area contributed by atoms with E-state index in [2.05, 4.69) is 36.4 Å². The lowest BCUT2D eigenvalue weighted by Crippen LogP contribution is -2.26. The van der Waals surface area contributed by atoms with Gasteiger partial charge >= 0.3 is 5.97 Å². The van der Waals surface area contributed by atoms with Crippen molar-refractivity contribution in [2.45, 2.75) is 82.2 Å². The summed E-state index contributed by atoms with van der Waals surface area (Å²) < 4.78 is 5.92. The first kappa shape index (κ1) is 17.2. The molecular formula is C14H27IO2. The molecule has 0 aliphatic rings. The molecule has 2 atom stereocenters. The third-order valence-corrected chi connectivity index (χ3v) is 4.32. The number of hydrogen-bond acceptors (Lipinski definition) is 2. The van der Waals surface area contributed by atoms with E-state index in [-0.39, 0.29) is 12.1 Å². The Morgan fingerprint density at radius 1 is 1.06 bits per heavy atom. The second-order valence-electron chi connectivity index (χ2n) is 4.66. The van der Waals surface area contributed by atoms with Crippen LogP contribution in [0, 0.1) is 0 Å². The maximum absolute atomic E-state index is 11.1. The van der Waals surface area contributed by atoms with Gasteiger partial charge in [-0.25, -0.2) is 0 Å². The summed E-state index contributed by atoms with van der Waals surface area (Å²) in [7, 11) is 0. The van der Waals surface area contributed by atoms with Crippen molar-refractivity contribution >= 4 is 28.6 Å². The van der Waals surface area contributed by atoms with E-state index in [1.54, 1.807) is 0 Å². The summed E-state index contributed by atoms with van der Waals surface area (Å²) in [5, 5.41) is 0. The van der Waals surface area contributed by atoms with Crippen LogP contribution in [0.15, 0.2) is 0 Å².